The van der Waals surface area contributed by atoms with Crippen molar-refractivity contribution in [2.45, 2.75) is 13.3 Å². The van der Waals surface area contributed by atoms with Gasteiger partial charge < -0.3 is 5.32 Å². The van der Waals surface area contributed by atoms with E-state index >= 15 is 0 Å². The van der Waals surface area contributed by atoms with Crippen molar-refractivity contribution >= 4 is 34.3 Å². The molecule has 1 aromatic carbocycles. The van der Waals surface area contributed by atoms with Gasteiger partial charge in [0.15, 0.2) is 17.3 Å². The number of nitrogens with zero attached hydrogens (tertiary/aromatic N) is 5. The molecule has 1 N–H and O–H groups in total. The lowest BCUT2D eigenvalue weighted by molar-refractivity contribution is 0.878. The molecular formula is C18H15ClN6. The summed E-state index contributed by atoms with van der Waals surface area (Å²) in [6, 6.07) is 11.7. The first-order valence-electron chi connectivity index (χ1n) is 7.92. The Bertz CT molecular complexity index is 1030. The third kappa shape index (κ3) is 3.04. The molecule has 6 nitrogen and oxygen atoms in total. The molecule has 0 saturated carbocycles. The Morgan fingerprint density at radius 2 is 1.92 bits per heavy atom. The largest absolute Gasteiger partial charge is 0.339 e. The van der Waals surface area contributed by atoms with E-state index in [2.05, 4.69) is 25.3 Å². The van der Waals surface area contributed by atoms with E-state index in [1.807, 2.05) is 47.9 Å². The van der Waals surface area contributed by atoms with Crippen molar-refractivity contribution in [1.29, 1.82) is 0 Å². The van der Waals surface area contributed by atoms with Crippen LogP contribution in [0.5, 0.6) is 0 Å². The lowest BCUT2D eigenvalue weighted by atomic mass is 10.3. The fourth-order valence-corrected chi connectivity index (χ4v) is 2.82. The molecule has 0 aliphatic carbocycles. The van der Waals surface area contributed by atoms with E-state index in [9.17, 15) is 0 Å². The van der Waals surface area contributed by atoms with Gasteiger partial charge in [-0.2, -0.15) is 0 Å². The van der Waals surface area contributed by atoms with Gasteiger partial charge in [-0.1, -0.05) is 36.7 Å². The van der Waals surface area contributed by atoms with Crippen LogP contribution in [0.3, 0.4) is 0 Å². The highest BCUT2D eigenvalue weighted by atomic mass is 35.5. The number of nitrogens with one attached hydrogen (secondary N) is 1. The van der Waals surface area contributed by atoms with Crippen molar-refractivity contribution in [3.05, 3.63) is 65.8 Å². The lowest BCUT2D eigenvalue weighted by Gasteiger charge is -2.10. The van der Waals surface area contributed by atoms with Crippen LogP contribution in [0.2, 0.25) is 5.02 Å². The molecule has 0 saturated heterocycles. The molecule has 3 heterocycles. The number of benzene rings is 1. The van der Waals surface area contributed by atoms with E-state index in [-0.39, 0.29) is 0 Å². The number of imidazole rings is 1. The van der Waals surface area contributed by atoms with Crippen LogP contribution in [-0.2, 0) is 6.42 Å². The third-order valence-electron chi connectivity index (χ3n) is 3.76. The van der Waals surface area contributed by atoms with Crippen molar-refractivity contribution in [1.82, 2.24) is 24.5 Å². The Kier molecular flexibility index (Phi) is 4.03. The van der Waals surface area contributed by atoms with Crippen molar-refractivity contribution in [3.8, 4) is 5.82 Å². The van der Waals surface area contributed by atoms with Crippen LogP contribution in [0.25, 0.3) is 17.0 Å². The second-order valence-corrected chi connectivity index (χ2v) is 5.90. The van der Waals surface area contributed by atoms with Gasteiger partial charge in [0, 0.05) is 18.3 Å². The SMILES string of the molecule is CCc1nc2ncc(Cl)cc2n1-c1cncc(Nc2ccccc2)n1. The molecule has 0 radical (unpaired) electrons. The number of aryl methyl sites for hydroxylation is 1. The van der Waals surface area contributed by atoms with Gasteiger partial charge >= 0.3 is 0 Å². The summed E-state index contributed by atoms with van der Waals surface area (Å²) in [4.78, 5) is 17.9. The molecule has 0 amide bonds. The van der Waals surface area contributed by atoms with E-state index in [1.54, 1.807) is 18.6 Å². The summed E-state index contributed by atoms with van der Waals surface area (Å²) in [5.74, 6) is 2.18. The molecular weight excluding hydrogens is 336 g/mol. The molecule has 0 fully saturated rings. The van der Waals surface area contributed by atoms with Gasteiger partial charge in [0.05, 0.1) is 22.9 Å². The van der Waals surface area contributed by atoms with Crippen molar-refractivity contribution in [2.75, 3.05) is 5.32 Å². The maximum atomic E-state index is 6.12. The van der Waals surface area contributed by atoms with Gasteiger partial charge in [0.2, 0.25) is 0 Å². The molecule has 0 unspecified atom stereocenters. The molecule has 0 aliphatic heterocycles. The zero-order valence-electron chi connectivity index (χ0n) is 13.5. The van der Waals surface area contributed by atoms with Crippen LogP contribution >= 0.6 is 11.6 Å². The highest BCUT2D eigenvalue weighted by molar-refractivity contribution is 6.31. The Balaban J connectivity index is 1.81. The number of fused-ring (bicyclic) bond motifs is 1. The molecule has 0 spiro atoms. The first kappa shape index (κ1) is 15.5. The van der Waals surface area contributed by atoms with Crippen molar-refractivity contribution in [3.63, 3.8) is 0 Å². The van der Waals surface area contributed by atoms with E-state index in [4.69, 9.17) is 11.6 Å². The number of rotatable bonds is 4. The Labute approximate surface area is 149 Å². The van der Waals surface area contributed by atoms with Gasteiger partial charge in [-0.15, -0.1) is 0 Å². The van der Waals surface area contributed by atoms with Crippen LogP contribution in [-0.4, -0.2) is 24.5 Å². The number of pyridine rings is 1. The molecule has 0 aliphatic rings. The Hall–Kier alpha value is -2.99. The minimum Gasteiger partial charge on any atom is -0.339 e. The van der Waals surface area contributed by atoms with Crippen LogP contribution < -0.4 is 5.32 Å². The number of anilines is 2. The summed E-state index contributed by atoms with van der Waals surface area (Å²) < 4.78 is 1.94. The maximum absolute atomic E-state index is 6.12. The first-order valence-corrected chi connectivity index (χ1v) is 8.30. The first-order chi connectivity index (χ1) is 12.2. The minimum atomic E-state index is 0.558. The maximum Gasteiger partial charge on any atom is 0.178 e. The average molecular weight is 351 g/mol. The number of hydrogen-bond donors (Lipinski definition) is 1. The summed E-state index contributed by atoms with van der Waals surface area (Å²) in [5, 5.41) is 3.81. The predicted molar refractivity (Wildman–Crippen MR) is 98.6 cm³/mol. The topological polar surface area (TPSA) is 68.5 Å². The number of para-hydroxylation sites is 1. The monoisotopic (exact) mass is 350 g/mol. The highest BCUT2D eigenvalue weighted by Crippen LogP contribution is 2.23. The van der Waals surface area contributed by atoms with Gasteiger partial charge in [0.25, 0.3) is 0 Å². The van der Waals surface area contributed by atoms with Gasteiger partial charge in [-0.3, -0.25) is 9.55 Å². The van der Waals surface area contributed by atoms with Gasteiger partial charge in [-0.05, 0) is 18.2 Å². The fourth-order valence-electron chi connectivity index (χ4n) is 2.67. The quantitative estimate of drug-likeness (QED) is 0.598. The van der Waals surface area contributed by atoms with Crippen LogP contribution in [0.4, 0.5) is 11.5 Å². The third-order valence-corrected chi connectivity index (χ3v) is 3.97. The molecule has 4 aromatic rings. The molecule has 3 aromatic heterocycles. The number of aromatic nitrogens is 5. The Morgan fingerprint density at radius 3 is 2.72 bits per heavy atom. The average Bonchev–Trinajstić information content (AvgIpc) is 3.00. The summed E-state index contributed by atoms with van der Waals surface area (Å²) in [5.41, 5.74) is 2.41. The van der Waals surface area contributed by atoms with Gasteiger partial charge in [-0.25, -0.2) is 15.0 Å². The molecule has 4 rings (SSSR count). The minimum absolute atomic E-state index is 0.558. The number of halogens is 1. The molecule has 124 valence electrons. The molecule has 0 atom stereocenters. The smallest absolute Gasteiger partial charge is 0.178 e. The lowest BCUT2D eigenvalue weighted by Crippen LogP contribution is -2.05. The molecule has 0 bridgehead atoms. The van der Waals surface area contributed by atoms with E-state index < -0.39 is 0 Å². The molecule has 7 heteroatoms. The molecule has 25 heavy (non-hydrogen) atoms. The second-order valence-electron chi connectivity index (χ2n) is 5.47. The zero-order chi connectivity index (χ0) is 17.2. The van der Waals surface area contributed by atoms with E-state index in [0.29, 0.717) is 22.3 Å². The Morgan fingerprint density at radius 1 is 1.08 bits per heavy atom. The summed E-state index contributed by atoms with van der Waals surface area (Å²) in [6.07, 6.45) is 5.73. The number of hydrogen-bond acceptors (Lipinski definition) is 5. The summed E-state index contributed by atoms with van der Waals surface area (Å²) in [7, 11) is 0. The van der Waals surface area contributed by atoms with E-state index in [1.165, 1.54) is 0 Å². The van der Waals surface area contributed by atoms with Crippen LogP contribution in [0.1, 0.15) is 12.7 Å². The van der Waals surface area contributed by atoms with Crippen molar-refractivity contribution in [2.24, 2.45) is 0 Å². The zero-order valence-corrected chi connectivity index (χ0v) is 14.3. The highest BCUT2D eigenvalue weighted by Gasteiger charge is 2.14. The van der Waals surface area contributed by atoms with Crippen LogP contribution in [0, 0.1) is 0 Å². The fraction of sp³-hybridized carbons (Fsp3) is 0.111. The van der Waals surface area contributed by atoms with Crippen LogP contribution in [0.15, 0.2) is 55.0 Å². The standard InChI is InChI=1S/C18H15ClN6/c1-2-16-24-18-14(8-12(19)9-21-18)25(16)17-11-20-10-15(23-17)22-13-6-4-3-5-7-13/h3-11H,2H2,1H3,(H,22,23). The summed E-state index contributed by atoms with van der Waals surface area (Å²) in [6.45, 7) is 2.04. The second kappa shape index (κ2) is 6.49. The normalized spacial score (nSPS) is 11.0. The van der Waals surface area contributed by atoms with E-state index in [0.717, 1.165) is 23.4 Å². The predicted octanol–water partition coefficient (Wildman–Crippen LogP) is 4.17. The van der Waals surface area contributed by atoms with Gasteiger partial charge in [0.1, 0.15) is 5.82 Å². The van der Waals surface area contributed by atoms with Crippen molar-refractivity contribution < 1.29 is 0 Å². The summed E-state index contributed by atoms with van der Waals surface area (Å²) >= 11 is 6.12.